The van der Waals surface area contributed by atoms with E-state index in [1.54, 1.807) is 0 Å². The minimum Gasteiger partial charge on any atom is -0.377 e. The summed E-state index contributed by atoms with van der Waals surface area (Å²) in [5.41, 5.74) is -0.593. The van der Waals surface area contributed by atoms with Gasteiger partial charge in [0.1, 0.15) is 0 Å². The second kappa shape index (κ2) is 6.15. The molecule has 1 aromatic heterocycles. The molecule has 3 rings (SSSR count). The van der Waals surface area contributed by atoms with Crippen molar-refractivity contribution in [3.05, 3.63) is 39.0 Å². The number of aryl methyl sites for hydroxylation is 1. The monoisotopic (exact) mass is 353 g/mol. The molecule has 1 aromatic carbocycles. The zero-order valence-corrected chi connectivity index (χ0v) is 14.3. The predicted octanol–water partition coefficient (Wildman–Crippen LogP) is -0.305. The third-order valence-electron chi connectivity index (χ3n) is 4.27. The van der Waals surface area contributed by atoms with Crippen LogP contribution in [0.2, 0.25) is 0 Å². The second-order valence-electron chi connectivity index (χ2n) is 5.87. The summed E-state index contributed by atoms with van der Waals surface area (Å²) in [7, 11) is -0.860. The number of sulfonamides is 1. The fourth-order valence-electron chi connectivity index (χ4n) is 2.83. The Labute approximate surface area is 138 Å². The van der Waals surface area contributed by atoms with Crippen molar-refractivity contribution in [2.45, 2.75) is 23.8 Å². The fourth-order valence-corrected chi connectivity index (χ4v) is 3.93. The zero-order valence-electron chi connectivity index (χ0n) is 13.5. The van der Waals surface area contributed by atoms with Gasteiger partial charge in [0.05, 0.1) is 21.9 Å². The number of benzene rings is 1. The van der Waals surface area contributed by atoms with Crippen LogP contribution in [-0.2, 0) is 28.9 Å². The van der Waals surface area contributed by atoms with Gasteiger partial charge in [-0.1, -0.05) is 0 Å². The van der Waals surface area contributed by atoms with Crippen molar-refractivity contribution in [2.24, 2.45) is 14.1 Å². The number of aromatic nitrogens is 2. The first-order valence-electron chi connectivity index (χ1n) is 7.62. The molecule has 1 saturated heterocycles. The maximum absolute atomic E-state index is 12.4. The van der Waals surface area contributed by atoms with Crippen LogP contribution >= 0.6 is 0 Å². The molecule has 0 spiro atoms. The van der Waals surface area contributed by atoms with Gasteiger partial charge in [-0.15, -0.1) is 0 Å². The molecule has 1 fully saturated rings. The molecule has 1 aliphatic heterocycles. The summed E-state index contributed by atoms with van der Waals surface area (Å²) in [6.45, 7) is 0.845. The molecule has 24 heavy (non-hydrogen) atoms. The third-order valence-corrected chi connectivity index (χ3v) is 5.69. The van der Waals surface area contributed by atoms with Crippen LogP contribution in [0.3, 0.4) is 0 Å². The van der Waals surface area contributed by atoms with Crippen LogP contribution < -0.4 is 16.0 Å². The number of fused-ring (bicyclic) bond motifs is 1. The molecule has 8 nitrogen and oxygen atoms in total. The Bertz CT molecular complexity index is 1000. The molecule has 0 bridgehead atoms. The summed E-state index contributed by atoms with van der Waals surface area (Å²) in [6, 6.07) is 4.16. The van der Waals surface area contributed by atoms with Crippen molar-refractivity contribution in [3.63, 3.8) is 0 Å². The van der Waals surface area contributed by atoms with Crippen LogP contribution in [0.15, 0.2) is 32.7 Å². The first kappa shape index (κ1) is 16.9. The van der Waals surface area contributed by atoms with Crippen molar-refractivity contribution in [2.75, 3.05) is 13.2 Å². The maximum Gasteiger partial charge on any atom is 0.330 e. The summed E-state index contributed by atoms with van der Waals surface area (Å²) >= 11 is 0. The molecule has 0 radical (unpaired) electrons. The Balaban J connectivity index is 2.01. The van der Waals surface area contributed by atoms with E-state index in [9.17, 15) is 18.0 Å². The smallest absolute Gasteiger partial charge is 0.330 e. The van der Waals surface area contributed by atoms with E-state index in [2.05, 4.69) is 4.72 Å². The first-order valence-corrected chi connectivity index (χ1v) is 9.10. The number of nitrogens with zero attached hydrogens (tertiary/aromatic N) is 2. The molecule has 2 aromatic rings. The quantitative estimate of drug-likeness (QED) is 0.813. The number of ether oxygens (including phenoxy) is 1. The Kier molecular flexibility index (Phi) is 4.33. The Morgan fingerprint density at radius 3 is 2.67 bits per heavy atom. The lowest BCUT2D eigenvalue weighted by atomic mass is 10.2. The molecule has 1 unspecified atom stereocenters. The van der Waals surface area contributed by atoms with Gasteiger partial charge in [-0.2, -0.15) is 0 Å². The largest absolute Gasteiger partial charge is 0.377 e. The average Bonchev–Trinajstić information content (AvgIpc) is 3.09. The van der Waals surface area contributed by atoms with E-state index >= 15 is 0 Å². The Hall–Kier alpha value is -1.97. The molecular formula is C15H19N3O5S. The molecule has 1 aliphatic rings. The normalized spacial score (nSPS) is 18.3. The highest BCUT2D eigenvalue weighted by molar-refractivity contribution is 7.89. The van der Waals surface area contributed by atoms with Crippen LogP contribution in [0.5, 0.6) is 0 Å². The van der Waals surface area contributed by atoms with E-state index in [0.717, 1.165) is 17.4 Å². The van der Waals surface area contributed by atoms with Gasteiger partial charge in [0.2, 0.25) is 10.0 Å². The second-order valence-corrected chi connectivity index (χ2v) is 7.64. The van der Waals surface area contributed by atoms with E-state index in [-0.39, 0.29) is 22.9 Å². The standard InChI is InChI=1S/C15H19N3O5S/c1-17-13-6-5-11(8-12(13)14(19)18(2)15(17)20)24(21,22)16-9-10-4-3-7-23-10/h5-6,8,10,16H,3-4,7,9H2,1-2H3. The van der Waals surface area contributed by atoms with Gasteiger partial charge in [0.25, 0.3) is 5.56 Å². The van der Waals surface area contributed by atoms with E-state index in [1.807, 2.05) is 0 Å². The summed E-state index contributed by atoms with van der Waals surface area (Å²) in [5.74, 6) is 0. The molecule has 130 valence electrons. The highest BCUT2D eigenvalue weighted by atomic mass is 32.2. The van der Waals surface area contributed by atoms with Crippen molar-refractivity contribution in [3.8, 4) is 0 Å². The lowest BCUT2D eigenvalue weighted by Crippen LogP contribution is -2.37. The van der Waals surface area contributed by atoms with Gasteiger partial charge < -0.3 is 4.74 Å². The van der Waals surface area contributed by atoms with Crippen LogP contribution in [0.25, 0.3) is 10.9 Å². The van der Waals surface area contributed by atoms with E-state index < -0.39 is 21.3 Å². The predicted molar refractivity (Wildman–Crippen MR) is 88.6 cm³/mol. The number of nitrogens with one attached hydrogen (secondary N) is 1. The summed E-state index contributed by atoms with van der Waals surface area (Å²) in [5, 5.41) is 0.180. The molecule has 0 aliphatic carbocycles. The summed E-state index contributed by atoms with van der Waals surface area (Å²) < 4.78 is 35.1. The Morgan fingerprint density at radius 2 is 2.00 bits per heavy atom. The van der Waals surface area contributed by atoms with Crippen LogP contribution in [-0.4, -0.2) is 36.8 Å². The SMILES string of the molecule is Cn1c(=O)c2cc(S(=O)(=O)NCC3CCCO3)ccc2n(C)c1=O. The van der Waals surface area contributed by atoms with E-state index in [1.165, 1.54) is 36.9 Å². The van der Waals surface area contributed by atoms with E-state index in [0.29, 0.717) is 12.1 Å². The number of hydrogen-bond donors (Lipinski definition) is 1. The summed E-state index contributed by atoms with van der Waals surface area (Å²) in [6.07, 6.45) is 1.63. The van der Waals surface area contributed by atoms with Gasteiger partial charge >= 0.3 is 5.69 Å². The van der Waals surface area contributed by atoms with Crippen molar-refractivity contribution < 1.29 is 13.2 Å². The average molecular weight is 353 g/mol. The minimum atomic E-state index is -3.76. The lowest BCUT2D eigenvalue weighted by Gasteiger charge is -2.12. The number of hydrogen-bond acceptors (Lipinski definition) is 5. The number of rotatable bonds is 4. The molecule has 0 amide bonds. The maximum atomic E-state index is 12.4. The fraction of sp³-hybridized carbons (Fsp3) is 0.467. The van der Waals surface area contributed by atoms with Crippen molar-refractivity contribution in [1.29, 1.82) is 0 Å². The van der Waals surface area contributed by atoms with Gasteiger partial charge in [-0.05, 0) is 31.0 Å². The first-order chi connectivity index (χ1) is 11.3. The van der Waals surface area contributed by atoms with Gasteiger partial charge in [-0.3, -0.25) is 13.9 Å². The molecular weight excluding hydrogens is 334 g/mol. The zero-order chi connectivity index (χ0) is 17.5. The molecule has 9 heteroatoms. The molecule has 1 N–H and O–H groups in total. The van der Waals surface area contributed by atoms with Crippen LogP contribution in [0.4, 0.5) is 0 Å². The molecule has 0 saturated carbocycles. The highest BCUT2D eigenvalue weighted by Gasteiger charge is 2.21. The van der Waals surface area contributed by atoms with Gasteiger partial charge in [-0.25, -0.2) is 17.9 Å². The lowest BCUT2D eigenvalue weighted by molar-refractivity contribution is 0.114. The highest BCUT2D eigenvalue weighted by Crippen LogP contribution is 2.16. The topological polar surface area (TPSA) is 99.4 Å². The Morgan fingerprint density at radius 1 is 1.25 bits per heavy atom. The third kappa shape index (κ3) is 2.90. The molecule has 1 atom stereocenters. The van der Waals surface area contributed by atoms with Gasteiger partial charge in [0.15, 0.2) is 0 Å². The summed E-state index contributed by atoms with van der Waals surface area (Å²) in [4.78, 5) is 24.2. The molecule has 2 heterocycles. The van der Waals surface area contributed by atoms with Crippen molar-refractivity contribution in [1.82, 2.24) is 13.9 Å². The van der Waals surface area contributed by atoms with E-state index in [4.69, 9.17) is 4.74 Å². The van der Waals surface area contributed by atoms with Crippen LogP contribution in [0, 0.1) is 0 Å². The van der Waals surface area contributed by atoms with Crippen LogP contribution in [0.1, 0.15) is 12.8 Å². The van der Waals surface area contributed by atoms with Crippen molar-refractivity contribution >= 4 is 20.9 Å². The van der Waals surface area contributed by atoms with Gasteiger partial charge in [0, 0.05) is 27.2 Å². The minimum absolute atomic E-state index is 0.0104.